The van der Waals surface area contributed by atoms with Crippen molar-refractivity contribution in [2.24, 2.45) is 4.90 Å². The van der Waals surface area contributed by atoms with Crippen LogP contribution in [0.2, 0.25) is 0 Å². The molecular weight excluding hydrogens is 155 g/mol. The third kappa shape index (κ3) is 4.00. The Bertz CT molecular complexity index is 173. The Hall–Kier alpha value is -0.995. The number of hydrogen-bond acceptors (Lipinski definition) is 3. The molecule has 0 aromatic rings. The summed E-state index contributed by atoms with van der Waals surface area (Å²) in [6.45, 7) is 2.77. The molecule has 0 N–H and O–H groups in total. The van der Waals surface area contributed by atoms with E-state index in [4.69, 9.17) is 0 Å². The molecule has 0 saturated heterocycles. The average molecular weight is 168 g/mol. The fraction of sp³-hybridized carbons (Fsp3) is 0.714. The SMILES string of the molecule is B=NCC(=O)N(CC=O)CCC. The van der Waals surface area contributed by atoms with Gasteiger partial charge in [-0.1, -0.05) is 0 Å². The zero-order valence-electron chi connectivity index (χ0n) is 7.32. The Morgan fingerprint density at radius 1 is 1.67 bits per heavy atom. The van der Waals surface area contributed by atoms with Crippen molar-refractivity contribution in [2.75, 3.05) is 19.6 Å². The molecule has 0 aromatic carbocycles. The van der Waals surface area contributed by atoms with Gasteiger partial charge in [0.25, 0.3) is 0 Å². The number of rotatable bonds is 6. The van der Waals surface area contributed by atoms with Gasteiger partial charge in [0.1, 0.15) is 0 Å². The third-order valence-electron chi connectivity index (χ3n) is 1.39. The van der Waals surface area contributed by atoms with Gasteiger partial charge in [0.15, 0.2) is 0 Å². The van der Waals surface area contributed by atoms with Crippen LogP contribution in [0.15, 0.2) is 4.90 Å². The van der Waals surface area contributed by atoms with Crippen LogP contribution in [0.4, 0.5) is 0 Å². The first kappa shape index (κ1) is 11.0. The van der Waals surface area contributed by atoms with Crippen molar-refractivity contribution in [3.63, 3.8) is 0 Å². The van der Waals surface area contributed by atoms with Gasteiger partial charge in [0.05, 0.1) is 0 Å². The quantitative estimate of drug-likeness (QED) is 0.396. The maximum absolute atomic E-state index is 11.2. The summed E-state index contributed by atoms with van der Waals surface area (Å²) in [6, 6.07) is 0. The summed E-state index contributed by atoms with van der Waals surface area (Å²) in [6.07, 6.45) is 1.56. The first-order chi connectivity index (χ1) is 5.76. The first-order valence-corrected chi connectivity index (χ1v) is 3.90. The van der Waals surface area contributed by atoms with E-state index in [-0.39, 0.29) is 19.0 Å². The van der Waals surface area contributed by atoms with Crippen LogP contribution < -0.4 is 0 Å². The predicted molar refractivity (Wildman–Crippen MR) is 47.4 cm³/mol. The summed E-state index contributed by atoms with van der Waals surface area (Å²) in [4.78, 5) is 26.3. The molecular formula is C7H13BN2O2. The van der Waals surface area contributed by atoms with Crippen LogP contribution in [0, 0.1) is 0 Å². The van der Waals surface area contributed by atoms with Crippen LogP contribution in [-0.4, -0.2) is 44.4 Å². The van der Waals surface area contributed by atoms with E-state index in [0.717, 1.165) is 12.7 Å². The zero-order chi connectivity index (χ0) is 9.40. The van der Waals surface area contributed by atoms with Crippen molar-refractivity contribution in [1.82, 2.24) is 4.90 Å². The average Bonchev–Trinajstić information content (AvgIpc) is 2.04. The third-order valence-corrected chi connectivity index (χ3v) is 1.39. The number of amides is 1. The number of hydrogen-bond donors (Lipinski definition) is 0. The number of nitrogens with zero attached hydrogens (tertiary/aromatic N) is 2. The van der Waals surface area contributed by atoms with Gasteiger partial charge in [0.2, 0.25) is 0 Å². The van der Waals surface area contributed by atoms with E-state index in [9.17, 15) is 9.59 Å². The van der Waals surface area contributed by atoms with Gasteiger partial charge in [-0.05, 0) is 0 Å². The molecule has 0 radical (unpaired) electrons. The molecule has 0 aliphatic rings. The van der Waals surface area contributed by atoms with Crippen LogP contribution in [0.25, 0.3) is 0 Å². The predicted octanol–water partition coefficient (Wildman–Crippen LogP) is -0.492. The molecule has 0 aliphatic heterocycles. The monoisotopic (exact) mass is 168 g/mol. The summed E-state index contributed by atoms with van der Waals surface area (Å²) in [5, 5.41) is 0. The molecule has 1 amide bonds. The van der Waals surface area contributed by atoms with Crippen molar-refractivity contribution < 1.29 is 9.59 Å². The van der Waals surface area contributed by atoms with Gasteiger partial charge >= 0.3 is 72.2 Å². The zero-order valence-corrected chi connectivity index (χ0v) is 7.32. The van der Waals surface area contributed by atoms with E-state index in [1.54, 1.807) is 0 Å². The molecule has 0 aromatic heterocycles. The van der Waals surface area contributed by atoms with E-state index in [1.807, 2.05) is 6.92 Å². The van der Waals surface area contributed by atoms with Gasteiger partial charge in [-0.3, -0.25) is 0 Å². The van der Waals surface area contributed by atoms with Crippen molar-refractivity contribution >= 4 is 19.8 Å². The fourth-order valence-electron chi connectivity index (χ4n) is 0.873. The Balaban J connectivity index is 3.97. The summed E-state index contributed by atoms with van der Waals surface area (Å²) < 4.78 is 0. The van der Waals surface area contributed by atoms with E-state index < -0.39 is 0 Å². The second-order valence-electron chi connectivity index (χ2n) is 2.39. The second kappa shape index (κ2) is 6.70. The van der Waals surface area contributed by atoms with Gasteiger partial charge in [0, 0.05) is 0 Å². The van der Waals surface area contributed by atoms with Crippen LogP contribution in [-0.2, 0) is 9.59 Å². The molecule has 12 heavy (non-hydrogen) atoms. The Morgan fingerprint density at radius 2 is 2.33 bits per heavy atom. The Morgan fingerprint density at radius 3 is 2.75 bits per heavy atom. The van der Waals surface area contributed by atoms with Crippen molar-refractivity contribution in [3.05, 3.63) is 0 Å². The van der Waals surface area contributed by atoms with Crippen molar-refractivity contribution in [2.45, 2.75) is 13.3 Å². The van der Waals surface area contributed by atoms with Crippen LogP contribution in [0.3, 0.4) is 0 Å². The molecule has 66 valence electrons. The number of carbonyl (C=O) groups is 2. The van der Waals surface area contributed by atoms with Crippen molar-refractivity contribution in [3.8, 4) is 0 Å². The molecule has 4 nitrogen and oxygen atoms in total. The van der Waals surface area contributed by atoms with Crippen LogP contribution in [0.1, 0.15) is 13.3 Å². The van der Waals surface area contributed by atoms with Crippen LogP contribution in [0.5, 0.6) is 0 Å². The minimum atomic E-state index is -0.140. The topological polar surface area (TPSA) is 49.7 Å². The maximum atomic E-state index is 11.2. The Kier molecular flexibility index (Phi) is 6.14. The molecule has 0 unspecified atom stereocenters. The van der Waals surface area contributed by atoms with Gasteiger partial charge < -0.3 is 0 Å². The molecule has 0 spiro atoms. The molecule has 0 heterocycles. The summed E-state index contributed by atoms with van der Waals surface area (Å²) >= 11 is 0. The standard InChI is InChI=1S/C7H13BN2O2/c1-2-3-10(4-5-11)7(12)6-9-8/h5,8H,2-4,6H2,1H3. The summed E-state index contributed by atoms with van der Waals surface area (Å²) in [5.74, 6) is -0.140. The molecule has 5 heteroatoms. The molecule has 0 aliphatic carbocycles. The summed E-state index contributed by atoms with van der Waals surface area (Å²) in [5.41, 5.74) is 0. The molecule has 0 rings (SSSR count). The number of carbonyl (C=O) groups excluding carboxylic acids is 2. The van der Waals surface area contributed by atoms with E-state index in [2.05, 4.69) is 12.5 Å². The Labute approximate surface area is 73.1 Å². The number of aldehydes is 1. The van der Waals surface area contributed by atoms with E-state index in [1.165, 1.54) is 4.90 Å². The normalized spacial score (nSPS) is 9.00. The first-order valence-electron chi connectivity index (χ1n) is 3.90. The fourth-order valence-corrected chi connectivity index (χ4v) is 0.873. The van der Waals surface area contributed by atoms with Gasteiger partial charge in [-0.25, -0.2) is 0 Å². The molecule has 0 atom stereocenters. The molecule has 0 saturated carbocycles. The van der Waals surface area contributed by atoms with Crippen molar-refractivity contribution in [1.29, 1.82) is 0 Å². The molecule has 0 bridgehead atoms. The molecule has 0 fully saturated rings. The van der Waals surface area contributed by atoms with Gasteiger partial charge in [-0.2, -0.15) is 0 Å². The van der Waals surface area contributed by atoms with E-state index >= 15 is 0 Å². The summed E-state index contributed by atoms with van der Waals surface area (Å²) in [7, 11) is 3.22. The van der Waals surface area contributed by atoms with Crippen LogP contribution >= 0.6 is 0 Å². The van der Waals surface area contributed by atoms with E-state index in [0.29, 0.717) is 6.54 Å². The minimum absolute atomic E-state index is 0.0633. The second-order valence-corrected chi connectivity index (χ2v) is 2.39. The van der Waals surface area contributed by atoms with Gasteiger partial charge in [-0.15, -0.1) is 0 Å².